The van der Waals surface area contributed by atoms with E-state index in [1.807, 2.05) is 30.3 Å². The van der Waals surface area contributed by atoms with Gasteiger partial charge in [0.2, 0.25) is 5.91 Å². The highest BCUT2D eigenvalue weighted by atomic mass is 19.4. The molecule has 2 saturated heterocycles. The van der Waals surface area contributed by atoms with Crippen LogP contribution < -0.4 is 0 Å². The zero-order valence-electron chi connectivity index (χ0n) is 21.4. The standard InChI is InChI=1S/C29H38F3N3O/c1-22-19-23(21-25(20-22)29(30,31)32)11-16-33(2)28(36)27(24-9-5-3-6-10-24)35-17-12-26(13-18-35)34-14-7-4-8-15-34/h3,5-6,9-10,19-21,26-27H,4,7-8,11-18H2,1-2H3. The van der Waals surface area contributed by atoms with Crippen molar-refractivity contribution in [2.24, 2.45) is 0 Å². The van der Waals surface area contributed by atoms with Gasteiger partial charge in [0.1, 0.15) is 6.04 Å². The van der Waals surface area contributed by atoms with E-state index in [0.717, 1.165) is 37.6 Å². The van der Waals surface area contributed by atoms with Gasteiger partial charge in [0.25, 0.3) is 0 Å². The third kappa shape index (κ3) is 6.68. The SMILES string of the molecule is Cc1cc(CCN(C)C(=O)C(c2ccccc2)N2CCC(N3CCCCC3)CC2)cc(C(F)(F)F)c1. The van der Waals surface area contributed by atoms with Crippen molar-refractivity contribution in [2.45, 2.75) is 63.7 Å². The molecule has 0 radical (unpaired) electrons. The van der Waals surface area contributed by atoms with Crippen LogP contribution in [0.3, 0.4) is 0 Å². The van der Waals surface area contributed by atoms with Crippen molar-refractivity contribution in [1.29, 1.82) is 0 Å². The third-order valence-corrected chi connectivity index (χ3v) is 7.70. The number of alkyl halides is 3. The van der Waals surface area contributed by atoms with Gasteiger partial charge in [-0.25, -0.2) is 0 Å². The summed E-state index contributed by atoms with van der Waals surface area (Å²) in [5, 5.41) is 0. The summed E-state index contributed by atoms with van der Waals surface area (Å²) in [6, 6.07) is 14.2. The molecule has 0 spiro atoms. The molecule has 7 heteroatoms. The van der Waals surface area contributed by atoms with Gasteiger partial charge in [-0.3, -0.25) is 9.69 Å². The van der Waals surface area contributed by atoms with Crippen LogP contribution in [0.2, 0.25) is 0 Å². The van der Waals surface area contributed by atoms with Crippen molar-refractivity contribution in [3.05, 3.63) is 70.8 Å². The van der Waals surface area contributed by atoms with Gasteiger partial charge >= 0.3 is 6.18 Å². The number of halogens is 3. The minimum absolute atomic E-state index is 0.00122. The lowest BCUT2D eigenvalue weighted by molar-refractivity contribution is -0.138. The lowest BCUT2D eigenvalue weighted by Crippen LogP contribution is -2.50. The van der Waals surface area contributed by atoms with Gasteiger partial charge in [0, 0.05) is 32.7 Å². The molecule has 2 aliphatic heterocycles. The van der Waals surface area contributed by atoms with Crippen LogP contribution in [0.4, 0.5) is 13.2 Å². The predicted octanol–water partition coefficient (Wildman–Crippen LogP) is 5.71. The highest BCUT2D eigenvalue weighted by Gasteiger charge is 2.35. The fraction of sp³-hybridized carbons (Fsp3) is 0.552. The van der Waals surface area contributed by atoms with Crippen LogP contribution >= 0.6 is 0 Å². The van der Waals surface area contributed by atoms with E-state index in [-0.39, 0.29) is 11.9 Å². The Bertz CT molecular complexity index is 997. The molecule has 4 rings (SSSR count). The Hall–Kier alpha value is -2.38. The van der Waals surface area contributed by atoms with Gasteiger partial charge in [-0.05, 0) is 75.4 Å². The maximum absolute atomic E-state index is 13.7. The normalized spacial score (nSPS) is 19.2. The Labute approximate surface area is 213 Å². The maximum Gasteiger partial charge on any atom is 0.416 e. The minimum atomic E-state index is -4.37. The molecule has 1 unspecified atom stereocenters. The quantitative estimate of drug-likeness (QED) is 0.487. The van der Waals surface area contributed by atoms with Crippen LogP contribution in [-0.2, 0) is 17.4 Å². The molecule has 0 aliphatic carbocycles. The number of likely N-dealkylation sites (tertiary alicyclic amines) is 2. The molecular weight excluding hydrogens is 463 g/mol. The first-order valence-electron chi connectivity index (χ1n) is 13.2. The van der Waals surface area contributed by atoms with Gasteiger partial charge in [0.15, 0.2) is 0 Å². The first-order chi connectivity index (χ1) is 17.2. The Morgan fingerprint density at radius 1 is 1.00 bits per heavy atom. The van der Waals surface area contributed by atoms with Crippen LogP contribution in [-0.4, -0.2) is 66.4 Å². The molecule has 36 heavy (non-hydrogen) atoms. The molecule has 4 nitrogen and oxygen atoms in total. The highest BCUT2D eigenvalue weighted by Crippen LogP contribution is 2.31. The molecule has 2 aliphatic rings. The van der Waals surface area contributed by atoms with E-state index in [1.165, 1.54) is 38.4 Å². The van der Waals surface area contributed by atoms with Crippen LogP contribution in [0.1, 0.15) is 60.4 Å². The van der Waals surface area contributed by atoms with Gasteiger partial charge < -0.3 is 9.80 Å². The molecule has 0 bridgehead atoms. The smallest absolute Gasteiger partial charge is 0.344 e. The number of aryl methyl sites for hydroxylation is 1. The van der Waals surface area contributed by atoms with Crippen molar-refractivity contribution in [2.75, 3.05) is 39.8 Å². The Balaban J connectivity index is 1.43. The first-order valence-corrected chi connectivity index (χ1v) is 13.2. The van der Waals surface area contributed by atoms with Crippen molar-refractivity contribution < 1.29 is 18.0 Å². The molecule has 2 aromatic carbocycles. The van der Waals surface area contributed by atoms with Gasteiger partial charge in [0.05, 0.1) is 5.56 Å². The number of nitrogens with zero attached hydrogens (tertiary/aromatic N) is 3. The van der Waals surface area contributed by atoms with Gasteiger partial charge in [-0.2, -0.15) is 13.2 Å². The fourth-order valence-electron chi connectivity index (χ4n) is 5.72. The number of hydrogen-bond donors (Lipinski definition) is 0. The van der Waals surface area contributed by atoms with E-state index in [1.54, 1.807) is 24.9 Å². The maximum atomic E-state index is 13.7. The Morgan fingerprint density at radius 3 is 2.31 bits per heavy atom. The number of carbonyl (C=O) groups is 1. The summed E-state index contributed by atoms with van der Waals surface area (Å²) in [6.07, 6.45) is 2.01. The van der Waals surface area contributed by atoms with Crippen molar-refractivity contribution in [3.63, 3.8) is 0 Å². The monoisotopic (exact) mass is 501 g/mol. The summed E-state index contributed by atoms with van der Waals surface area (Å²) in [7, 11) is 1.76. The molecule has 2 aromatic rings. The molecule has 1 atom stereocenters. The molecule has 0 aromatic heterocycles. The second-order valence-electron chi connectivity index (χ2n) is 10.4. The number of hydrogen-bond acceptors (Lipinski definition) is 3. The van der Waals surface area contributed by atoms with Gasteiger partial charge in [-0.1, -0.05) is 48.4 Å². The van der Waals surface area contributed by atoms with E-state index < -0.39 is 11.7 Å². The second-order valence-corrected chi connectivity index (χ2v) is 10.4. The highest BCUT2D eigenvalue weighted by molar-refractivity contribution is 5.83. The molecule has 1 amide bonds. The lowest BCUT2D eigenvalue weighted by atomic mass is 9.96. The van der Waals surface area contributed by atoms with Crippen LogP contribution in [0.25, 0.3) is 0 Å². The van der Waals surface area contributed by atoms with Crippen molar-refractivity contribution >= 4 is 5.91 Å². The average Bonchev–Trinajstić information content (AvgIpc) is 2.88. The summed E-state index contributed by atoms with van der Waals surface area (Å²) < 4.78 is 39.7. The molecule has 0 saturated carbocycles. The second kappa shape index (κ2) is 11.8. The minimum Gasteiger partial charge on any atom is -0.344 e. The molecular formula is C29H38F3N3O. The number of carbonyl (C=O) groups excluding carboxylic acids is 1. The van der Waals surface area contributed by atoms with Crippen molar-refractivity contribution in [3.8, 4) is 0 Å². The zero-order chi connectivity index (χ0) is 25.7. The van der Waals surface area contributed by atoms with E-state index in [9.17, 15) is 18.0 Å². The van der Waals surface area contributed by atoms with Gasteiger partial charge in [-0.15, -0.1) is 0 Å². The van der Waals surface area contributed by atoms with E-state index in [0.29, 0.717) is 30.1 Å². The van der Waals surface area contributed by atoms with E-state index >= 15 is 0 Å². The van der Waals surface area contributed by atoms with Crippen LogP contribution in [0.5, 0.6) is 0 Å². The first kappa shape index (κ1) is 26.7. The average molecular weight is 502 g/mol. The lowest BCUT2D eigenvalue weighted by Gasteiger charge is -2.43. The summed E-state index contributed by atoms with van der Waals surface area (Å²) in [5.74, 6) is 0.00122. The molecule has 196 valence electrons. The summed E-state index contributed by atoms with van der Waals surface area (Å²) >= 11 is 0. The Kier molecular flexibility index (Phi) is 8.73. The number of amides is 1. The van der Waals surface area contributed by atoms with Crippen LogP contribution in [0, 0.1) is 6.92 Å². The molecule has 0 N–H and O–H groups in total. The predicted molar refractivity (Wildman–Crippen MR) is 137 cm³/mol. The number of benzene rings is 2. The fourth-order valence-corrected chi connectivity index (χ4v) is 5.72. The summed E-state index contributed by atoms with van der Waals surface area (Å²) in [5.41, 5.74) is 1.51. The van der Waals surface area contributed by atoms with Crippen molar-refractivity contribution in [1.82, 2.24) is 14.7 Å². The Morgan fingerprint density at radius 2 is 1.67 bits per heavy atom. The molecule has 2 heterocycles. The van der Waals surface area contributed by atoms with E-state index in [4.69, 9.17) is 0 Å². The number of likely N-dealkylation sites (N-methyl/N-ethyl adjacent to an activating group) is 1. The largest absolute Gasteiger partial charge is 0.416 e. The number of piperidine rings is 2. The summed E-state index contributed by atoms with van der Waals surface area (Å²) in [6.45, 7) is 6.15. The van der Waals surface area contributed by atoms with E-state index in [2.05, 4.69) is 9.80 Å². The topological polar surface area (TPSA) is 26.8 Å². The summed E-state index contributed by atoms with van der Waals surface area (Å²) in [4.78, 5) is 20.3. The molecule has 2 fully saturated rings. The zero-order valence-corrected chi connectivity index (χ0v) is 21.4. The number of rotatable bonds is 7. The third-order valence-electron chi connectivity index (χ3n) is 7.70. The van der Waals surface area contributed by atoms with Crippen LogP contribution in [0.15, 0.2) is 48.5 Å².